The van der Waals surface area contributed by atoms with Crippen LogP contribution in [0.1, 0.15) is 17.8 Å². The highest BCUT2D eigenvalue weighted by Crippen LogP contribution is 2.24. The molecule has 3 aromatic rings. The van der Waals surface area contributed by atoms with Crippen LogP contribution < -0.4 is 20.1 Å². The SMILES string of the molecule is CN=C(NCCCc1nc2ccccc2[nH]1)NCc1ccc(OC)cc1OC. The second-order valence-corrected chi connectivity index (χ2v) is 6.33. The number of ether oxygens (including phenoxy) is 2. The quantitative estimate of drug-likeness (QED) is 0.317. The average molecular weight is 381 g/mol. The molecule has 0 fully saturated rings. The number of hydrogen-bond donors (Lipinski definition) is 3. The third kappa shape index (κ3) is 4.94. The highest BCUT2D eigenvalue weighted by Gasteiger charge is 2.06. The van der Waals surface area contributed by atoms with Crippen LogP contribution in [0, 0.1) is 0 Å². The van der Waals surface area contributed by atoms with E-state index in [9.17, 15) is 0 Å². The van der Waals surface area contributed by atoms with Gasteiger partial charge in [-0.2, -0.15) is 0 Å². The van der Waals surface area contributed by atoms with Gasteiger partial charge in [0, 0.05) is 38.2 Å². The number of aliphatic imine (C=N–C) groups is 1. The molecule has 0 saturated heterocycles. The van der Waals surface area contributed by atoms with Crippen LogP contribution in [0.2, 0.25) is 0 Å². The van der Waals surface area contributed by atoms with Crippen LogP contribution >= 0.6 is 0 Å². The van der Waals surface area contributed by atoms with Crippen molar-refractivity contribution in [3.05, 3.63) is 53.9 Å². The lowest BCUT2D eigenvalue weighted by Gasteiger charge is -2.14. The van der Waals surface area contributed by atoms with Crippen molar-refractivity contribution in [2.75, 3.05) is 27.8 Å². The maximum Gasteiger partial charge on any atom is 0.191 e. The molecule has 0 radical (unpaired) electrons. The third-order valence-corrected chi connectivity index (χ3v) is 4.49. The van der Waals surface area contributed by atoms with Crippen molar-refractivity contribution < 1.29 is 9.47 Å². The fourth-order valence-corrected chi connectivity index (χ4v) is 2.98. The summed E-state index contributed by atoms with van der Waals surface area (Å²) in [6.07, 6.45) is 1.83. The highest BCUT2D eigenvalue weighted by atomic mass is 16.5. The first-order valence-electron chi connectivity index (χ1n) is 9.32. The van der Waals surface area contributed by atoms with Crippen molar-refractivity contribution in [1.29, 1.82) is 0 Å². The lowest BCUT2D eigenvalue weighted by Crippen LogP contribution is -2.37. The minimum Gasteiger partial charge on any atom is -0.497 e. The van der Waals surface area contributed by atoms with Gasteiger partial charge >= 0.3 is 0 Å². The predicted molar refractivity (Wildman–Crippen MR) is 112 cm³/mol. The normalized spacial score (nSPS) is 11.5. The number of hydrogen-bond acceptors (Lipinski definition) is 4. The van der Waals surface area contributed by atoms with Gasteiger partial charge in [0.05, 0.1) is 25.3 Å². The zero-order chi connectivity index (χ0) is 19.8. The Morgan fingerprint density at radius 3 is 2.71 bits per heavy atom. The molecule has 0 aliphatic rings. The van der Waals surface area contributed by atoms with Crippen LogP contribution in [-0.4, -0.2) is 43.7 Å². The second kappa shape index (κ2) is 9.64. The maximum absolute atomic E-state index is 5.44. The molecule has 0 amide bonds. The maximum atomic E-state index is 5.44. The molecule has 7 heteroatoms. The lowest BCUT2D eigenvalue weighted by atomic mass is 10.2. The number of methoxy groups -OCH3 is 2. The van der Waals surface area contributed by atoms with Gasteiger partial charge in [-0.3, -0.25) is 4.99 Å². The van der Waals surface area contributed by atoms with E-state index >= 15 is 0 Å². The fraction of sp³-hybridized carbons (Fsp3) is 0.333. The largest absolute Gasteiger partial charge is 0.497 e. The fourth-order valence-electron chi connectivity index (χ4n) is 2.98. The Hall–Kier alpha value is -3.22. The number of nitrogens with one attached hydrogen (secondary N) is 3. The summed E-state index contributed by atoms with van der Waals surface area (Å²) in [6.45, 7) is 1.41. The van der Waals surface area contributed by atoms with Crippen LogP contribution in [0.4, 0.5) is 0 Å². The molecule has 7 nitrogen and oxygen atoms in total. The van der Waals surface area contributed by atoms with Crippen molar-refractivity contribution in [2.45, 2.75) is 19.4 Å². The number of fused-ring (bicyclic) bond motifs is 1. The lowest BCUT2D eigenvalue weighted by molar-refractivity contribution is 0.390. The first-order chi connectivity index (χ1) is 13.7. The summed E-state index contributed by atoms with van der Waals surface area (Å²) in [5.74, 6) is 3.32. The number of aryl methyl sites for hydroxylation is 1. The zero-order valence-corrected chi connectivity index (χ0v) is 16.6. The minimum absolute atomic E-state index is 0.608. The monoisotopic (exact) mass is 381 g/mol. The van der Waals surface area contributed by atoms with E-state index in [1.54, 1.807) is 21.3 Å². The predicted octanol–water partition coefficient (Wildman–Crippen LogP) is 2.88. The average Bonchev–Trinajstić information content (AvgIpc) is 3.16. The van der Waals surface area contributed by atoms with Gasteiger partial charge in [-0.15, -0.1) is 0 Å². The molecular weight excluding hydrogens is 354 g/mol. The van der Waals surface area contributed by atoms with Crippen molar-refractivity contribution in [3.8, 4) is 11.5 Å². The molecule has 0 aliphatic heterocycles. The van der Waals surface area contributed by atoms with E-state index < -0.39 is 0 Å². The van der Waals surface area contributed by atoms with Crippen molar-refractivity contribution in [2.24, 2.45) is 4.99 Å². The van der Waals surface area contributed by atoms with Gasteiger partial charge in [0.15, 0.2) is 5.96 Å². The summed E-state index contributed by atoms with van der Waals surface area (Å²) in [6, 6.07) is 13.9. The number of nitrogens with zero attached hydrogens (tertiary/aromatic N) is 2. The Morgan fingerprint density at radius 2 is 1.96 bits per heavy atom. The summed E-state index contributed by atoms with van der Waals surface area (Å²) in [4.78, 5) is 12.2. The molecule has 0 aliphatic carbocycles. The molecule has 2 aromatic carbocycles. The summed E-state index contributed by atoms with van der Waals surface area (Å²) in [7, 11) is 5.06. The summed E-state index contributed by atoms with van der Waals surface area (Å²) in [5, 5.41) is 6.65. The second-order valence-electron chi connectivity index (χ2n) is 6.33. The van der Waals surface area contributed by atoms with Crippen LogP contribution in [0.15, 0.2) is 47.5 Å². The van der Waals surface area contributed by atoms with Crippen molar-refractivity contribution in [3.63, 3.8) is 0 Å². The minimum atomic E-state index is 0.608. The topological polar surface area (TPSA) is 83.6 Å². The first-order valence-corrected chi connectivity index (χ1v) is 9.32. The molecule has 0 atom stereocenters. The number of imidazole rings is 1. The van der Waals surface area contributed by atoms with E-state index in [-0.39, 0.29) is 0 Å². The Bertz CT molecular complexity index is 902. The van der Waals surface area contributed by atoms with Gasteiger partial charge in [-0.05, 0) is 30.7 Å². The van der Waals surface area contributed by atoms with E-state index in [1.807, 2.05) is 42.5 Å². The summed E-state index contributed by atoms with van der Waals surface area (Å²) >= 11 is 0. The number of aromatic nitrogens is 2. The van der Waals surface area contributed by atoms with Crippen molar-refractivity contribution in [1.82, 2.24) is 20.6 Å². The first kappa shape index (κ1) is 19.5. The molecule has 3 rings (SSSR count). The van der Waals surface area contributed by atoms with Gasteiger partial charge in [0.25, 0.3) is 0 Å². The van der Waals surface area contributed by atoms with Crippen LogP contribution in [0.5, 0.6) is 11.5 Å². The van der Waals surface area contributed by atoms with E-state index in [2.05, 4.69) is 25.6 Å². The Morgan fingerprint density at radius 1 is 1.11 bits per heavy atom. The van der Waals surface area contributed by atoms with Gasteiger partial charge in [-0.25, -0.2) is 4.98 Å². The number of guanidine groups is 1. The molecule has 0 saturated carbocycles. The van der Waals surface area contributed by atoms with E-state index in [4.69, 9.17) is 9.47 Å². The number of aromatic amines is 1. The number of rotatable bonds is 8. The Labute approximate surface area is 165 Å². The van der Waals surface area contributed by atoms with Gasteiger partial charge < -0.3 is 25.1 Å². The Kier molecular flexibility index (Phi) is 6.73. The van der Waals surface area contributed by atoms with E-state index in [0.29, 0.717) is 6.54 Å². The highest BCUT2D eigenvalue weighted by molar-refractivity contribution is 5.79. The smallest absolute Gasteiger partial charge is 0.191 e. The number of para-hydroxylation sites is 2. The molecule has 148 valence electrons. The number of H-pyrrole nitrogens is 1. The van der Waals surface area contributed by atoms with E-state index in [0.717, 1.165) is 59.3 Å². The van der Waals surface area contributed by atoms with Gasteiger partial charge in [0.1, 0.15) is 17.3 Å². The molecule has 0 spiro atoms. The molecule has 28 heavy (non-hydrogen) atoms. The number of benzene rings is 2. The molecular formula is C21H27N5O2. The van der Waals surface area contributed by atoms with Gasteiger partial charge in [-0.1, -0.05) is 12.1 Å². The molecule has 0 bridgehead atoms. The van der Waals surface area contributed by atoms with E-state index in [1.165, 1.54) is 0 Å². The van der Waals surface area contributed by atoms with Crippen molar-refractivity contribution >= 4 is 17.0 Å². The third-order valence-electron chi connectivity index (χ3n) is 4.49. The standard InChI is InChI=1S/C21H27N5O2/c1-22-21(24-14-15-10-11-16(27-2)13-19(15)28-3)23-12-6-9-20-25-17-7-4-5-8-18(17)26-20/h4-5,7-8,10-11,13H,6,9,12,14H2,1-3H3,(H,25,26)(H2,22,23,24). The van der Waals surface area contributed by atoms with Crippen LogP contribution in [-0.2, 0) is 13.0 Å². The zero-order valence-electron chi connectivity index (χ0n) is 16.6. The summed E-state index contributed by atoms with van der Waals surface area (Å²) in [5.41, 5.74) is 3.13. The molecule has 1 aromatic heterocycles. The van der Waals surface area contributed by atoms with Gasteiger partial charge in [0.2, 0.25) is 0 Å². The summed E-state index contributed by atoms with van der Waals surface area (Å²) < 4.78 is 10.7. The molecule has 0 unspecified atom stereocenters. The van der Waals surface area contributed by atoms with Crippen LogP contribution in [0.3, 0.4) is 0 Å². The molecule has 3 N–H and O–H groups in total. The molecule has 1 heterocycles. The Balaban J connectivity index is 1.46. The van der Waals surface area contributed by atoms with Crippen LogP contribution in [0.25, 0.3) is 11.0 Å².